The Hall–Kier alpha value is -3.70. The molecule has 2 heterocycles. The van der Waals surface area contributed by atoms with Crippen LogP contribution < -0.4 is 14.8 Å². The van der Waals surface area contributed by atoms with E-state index in [1.165, 1.54) is 47.1 Å². The molecule has 0 aliphatic carbocycles. The third kappa shape index (κ3) is 5.58. The van der Waals surface area contributed by atoms with Crippen LogP contribution in [0, 0.1) is 17.0 Å². The lowest BCUT2D eigenvalue weighted by molar-refractivity contribution is -0.385. The third-order valence-corrected chi connectivity index (χ3v) is 7.05. The number of aromatic nitrogens is 2. The van der Waals surface area contributed by atoms with Gasteiger partial charge in [-0.05, 0) is 26.3 Å². The van der Waals surface area contributed by atoms with Gasteiger partial charge in [-0.15, -0.1) is 11.3 Å². The number of rotatable bonds is 10. The molecule has 0 spiro atoms. The number of fused-ring (bicyclic) bond motifs is 1. The van der Waals surface area contributed by atoms with Crippen LogP contribution in [0.5, 0.6) is 11.5 Å². The van der Waals surface area contributed by atoms with Crippen LogP contribution >= 0.6 is 23.1 Å². The second-order valence-corrected chi connectivity index (χ2v) is 9.47. The summed E-state index contributed by atoms with van der Waals surface area (Å²) in [7, 11) is 0. The van der Waals surface area contributed by atoms with Crippen molar-refractivity contribution in [3.05, 3.63) is 63.8 Å². The van der Waals surface area contributed by atoms with Gasteiger partial charge in [0.15, 0.2) is 5.75 Å². The molecule has 2 aromatic carbocycles. The summed E-state index contributed by atoms with van der Waals surface area (Å²) >= 11 is 2.83. The van der Waals surface area contributed by atoms with Crippen molar-refractivity contribution in [2.24, 2.45) is 0 Å². The molecule has 0 aliphatic rings. The molecule has 2 aromatic heterocycles. The number of hydrogen-bond acceptors (Lipinski definition) is 9. The summed E-state index contributed by atoms with van der Waals surface area (Å²) in [5, 5.41) is 17.9. The van der Waals surface area contributed by atoms with Gasteiger partial charge in [-0.3, -0.25) is 14.9 Å². The van der Waals surface area contributed by atoms with Crippen LogP contribution in [-0.4, -0.2) is 39.8 Å². The highest BCUT2D eigenvalue weighted by Crippen LogP contribution is 2.39. The van der Waals surface area contributed by atoms with Gasteiger partial charge in [-0.1, -0.05) is 41.6 Å². The van der Waals surface area contributed by atoms with Gasteiger partial charge in [0.25, 0.3) is 0 Å². The first-order valence-electron chi connectivity index (χ1n) is 11.2. The summed E-state index contributed by atoms with van der Waals surface area (Å²) in [6.45, 7) is 6.05. The molecule has 4 rings (SSSR count). The Morgan fingerprint density at radius 3 is 2.53 bits per heavy atom. The average molecular weight is 525 g/mol. The highest BCUT2D eigenvalue weighted by Gasteiger charge is 2.22. The SMILES string of the molecule is CCOc1cc([N+](=O)[O-])c(OCC)cc1NC(=O)CSc1ncnc2scc(-c3ccc(C)cc3)c12. The monoisotopic (exact) mass is 524 g/mol. The number of nitro groups is 1. The standard InChI is InChI=1S/C25H24N4O5S2/c1-4-33-20-11-19(29(31)32)21(34-5-2)10-18(20)28-22(30)13-36-25-23-17(12-35-24(23)26-14-27-25)16-8-6-15(3)7-9-16/h6-12,14H,4-5,13H2,1-3H3,(H,28,30). The van der Waals surface area contributed by atoms with Crippen molar-refractivity contribution in [1.29, 1.82) is 0 Å². The van der Waals surface area contributed by atoms with E-state index >= 15 is 0 Å². The fraction of sp³-hybridized carbons (Fsp3) is 0.240. The van der Waals surface area contributed by atoms with E-state index in [0.29, 0.717) is 10.7 Å². The van der Waals surface area contributed by atoms with E-state index in [-0.39, 0.29) is 42.1 Å². The summed E-state index contributed by atoms with van der Waals surface area (Å²) in [6.07, 6.45) is 1.50. The largest absolute Gasteiger partial charge is 0.491 e. The van der Waals surface area contributed by atoms with Gasteiger partial charge in [0.1, 0.15) is 21.9 Å². The fourth-order valence-corrected chi connectivity index (χ4v) is 5.35. The zero-order chi connectivity index (χ0) is 25.7. The highest BCUT2D eigenvalue weighted by atomic mass is 32.2. The molecule has 11 heteroatoms. The molecule has 0 bridgehead atoms. The van der Waals surface area contributed by atoms with Crippen LogP contribution in [0.1, 0.15) is 19.4 Å². The molecule has 1 N–H and O–H groups in total. The number of benzene rings is 2. The predicted octanol–water partition coefficient (Wildman–Crippen LogP) is 6.10. The Bertz CT molecular complexity index is 1410. The number of carbonyl (C=O) groups is 1. The molecule has 0 fully saturated rings. The van der Waals surface area contributed by atoms with E-state index in [0.717, 1.165) is 21.3 Å². The van der Waals surface area contributed by atoms with Crippen molar-refractivity contribution >= 4 is 50.6 Å². The van der Waals surface area contributed by atoms with Crippen molar-refractivity contribution in [3.63, 3.8) is 0 Å². The summed E-state index contributed by atoms with van der Waals surface area (Å²) in [6, 6.07) is 10.9. The molecule has 0 saturated carbocycles. The Kier molecular flexibility index (Phi) is 8.01. The number of nitrogens with one attached hydrogen (secondary N) is 1. The third-order valence-electron chi connectivity index (χ3n) is 5.17. The van der Waals surface area contributed by atoms with Crippen LogP contribution in [0.4, 0.5) is 11.4 Å². The molecular weight excluding hydrogens is 500 g/mol. The van der Waals surface area contributed by atoms with Crippen LogP contribution in [0.25, 0.3) is 21.3 Å². The second-order valence-electron chi connectivity index (χ2n) is 7.65. The topological polar surface area (TPSA) is 116 Å². The smallest absolute Gasteiger partial charge is 0.314 e. The zero-order valence-electron chi connectivity index (χ0n) is 19.9. The lowest BCUT2D eigenvalue weighted by atomic mass is 10.1. The first kappa shape index (κ1) is 25.4. The van der Waals surface area contributed by atoms with Crippen molar-refractivity contribution in [2.45, 2.75) is 25.8 Å². The molecule has 4 aromatic rings. The van der Waals surface area contributed by atoms with E-state index in [9.17, 15) is 14.9 Å². The Labute approximate surface area is 216 Å². The van der Waals surface area contributed by atoms with Crippen molar-refractivity contribution in [2.75, 3.05) is 24.3 Å². The number of anilines is 1. The van der Waals surface area contributed by atoms with E-state index < -0.39 is 4.92 Å². The van der Waals surface area contributed by atoms with Gasteiger partial charge < -0.3 is 14.8 Å². The molecule has 0 atom stereocenters. The highest BCUT2D eigenvalue weighted by molar-refractivity contribution is 8.00. The molecule has 1 amide bonds. The first-order valence-corrected chi connectivity index (χ1v) is 13.1. The van der Waals surface area contributed by atoms with E-state index in [1.54, 1.807) is 13.8 Å². The summed E-state index contributed by atoms with van der Waals surface area (Å²) < 4.78 is 11.0. The maximum absolute atomic E-state index is 12.9. The molecule has 0 radical (unpaired) electrons. The van der Waals surface area contributed by atoms with E-state index in [1.807, 2.05) is 6.92 Å². The maximum Gasteiger partial charge on any atom is 0.314 e. The number of hydrogen-bond donors (Lipinski definition) is 1. The number of nitrogens with zero attached hydrogens (tertiary/aromatic N) is 3. The molecule has 0 unspecified atom stereocenters. The van der Waals surface area contributed by atoms with Gasteiger partial charge >= 0.3 is 5.69 Å². The number of carbonyl (C=O) groups excluding carboxylic acids is 1. The minimum atomic E-state index is -0.540. The lowest BCUT2D eigenvalue weighted by Gasteiger charge is -2.14. The van der Waals surface area contributed by atoms with Gasteiger partial charge in [-0.2, -0.15) is 0 Å². The van der Waals surface area contributed by atoms with Gasteiger partial charge in [0.05, 0.1) is 41.0 Å². The van der Waals surface area contributed by atoms with Gasteiger partial charge in [0.2, 0.25) is 5.91 Å². The van der Waals surface area contributed by atoms with Crippen LogP contribution in [0.2, 0.25) is 0 Å². The normalized spacial score (nSPS) is 10.9. The van der Waals surface area contributed by atoms with Gasteiger partial charge in [0, 0.05) is 17.0 Å². The zero-order valence-corrected chi connectivity index (χ0v) is 21.6. The quantitative estimate of drug-likeness (QED) is 0.114. The van der Waals surface area contributed by atoms with Crippen molar-refractivity contribution in [1.82, 2.24) is 9.97 Å². The van der Waals surface area contributed by atoms with Crippen molar-refractivity contribution in [3.8, 4) is 22.6 Å². The molecular formula is C25H24N4O5S2. The summed E-state index contributed by atoms with van der Waals surface area (Å²) in [4.78, 5) is 33.5. The fourth-order valence-electron chi connectivity index (χ4n) is 3.56. The molecule has 186 valence electrons. The first-order chi connectivity index (χ1) is 17.4. The second kappa shape index (κ2) is 11.4. The van der Waals surface area contributed by atoms with Crippen LogP contribution in [-0.2, 0) is 4.79 Å². The Balaban J connectivity index is 1.57. The number of thioether (sulfide) groups is 1. The lowest BCUT2D eigenvalue weighted by Crippen LogP contribution is -2.15. The van der Waals surface area contributed by atoms with Gasteiger partial charge in [-0.25, -0.2) is 9.97 Å². The maximum atomic E-state index is 12.9. The summed E-state index contributed by atoms with van der Waals surface area (Å²) in [5.74, 6) is 0.0282. The Morgan fingerprint density at radius 2 is 1.83 bits per heavy atom. The van der Waals surface area contributed by atoms with Crippen LogP contribution in [0.15, 0.2) is 53.1 Å². The average Bonchev–Trinajstić information content (AvgIpc) is 3.29. The van der Waals surface area contributed by atoms with Crippen molar-refractivity contribution < 1.29 is 19.2 Å². The molecule has 0 saturated heterocycles. The Morgan fingerprint density at radius 1 is 1.11 bits per heavy atom. The molecule has 36 heavy (non-hydrogen) atoms. The number of thiophene rings is 1. The van der Waals surface area contributed by atoms with E-state index in [4.69, 9.17) is 9.47 Å². The number of aryl methyl sites for hydroxylation is 1. The van der Waals surface area contributed by atoms with E-state index in [2.05, 4.69) is 44.9 Å². The minimum absolute atomic E-state index is 0.0624. The molecule has 0 aliphatic heterocycles. The minimum Gasteiger partial charge on any atom is -0.491 e. The number of nitro benzene ring substituents is 1. The molecule has 9 nitrogen and oxygen atoms in total. The van der Waals surface area contributed by atoms with Crippen LogP contribution in [0.3, 0.4) is 0 Å². The predicted molar refractivity (Wildman–Crippen MR) is 142 cm³/mol. The summed E-state index contributed by atoms with van der Waals surface area (Å²) in [5.41, 5.74) is 3.33. The number of ether oxygens (including phenoxy) is 2. The number of amides is 1.